The Labute approximate surface area is 172 Å². The van der Waals surface area contributed by atoms with Crippen LogP contribution in [0.1, 0.15) is 155 Å². The minimum atomic E-state index is 0.638. The van der Waals surface area contributed by atoms with E-state index in [1.807, 2.05) is 5.48 Å². The van der Waals surface area contributed by atoms with E-state index in [1.165, 1.54) is 141 Å². The summed E-state index contributed by atoms with van der Waals surface area (Å²) in [7, 11) is 0. The topological polar surface area (TPSA) is 35.1 Å². The van der Waals surface area contributed by atoms with Crippen molar-refractivity contribution in [1.82, 2.24) is 5.48 Å². The zero-order valence-corrected chi connectivity index (χ0v) is 18.9. The third kappa shape index (κ3) is 25.9. The second-order valence-corrected chi connectivity index (χ2v) is 8.67. The van der Waals surface area contributed by atoms with E-state index in [1.54, 1.807) is 0 Å². The van der Waals surface area contributed by atoms with Gasteiger partial charge < -0.3 is 10.7 Å². The highest BCUT2D eigenvalue weighted by molar-refractivity contribution is 4.52. The normalized spacial score (nSPS) is 11.3. The molecule has 0 fully saturated rings. The van der Waals surface area contributed by atoms with Crippen molar-refractivity contribution in [3.05, 3.63) is 5.21 Å². The molecule has 0 saturated heterocycles. The van der Waals surface area contributed by atoms with Crippen LogP contribution in [-0.4, -0.2) is 6.54 Å². The Morgan fingerprint density at radius 2 is 0.593 bits per heavy atom. The van der Waals surface area contributed by atoms with Gasteiger partial charge in [0.05, 0.1) is 0 Å². The number of unbranched alkanes of at least 4 members (excludes halogenated alkanes) is 22. The summed E-state index contributed by atoms with van der Waals surface area (Å²) in [4.78, 5) is 0. The molecule has 0 radical (unpaired) electrons. The molecule has 2 nitrogen and oxygen atoms in total. The van der Waals surface area contributed by atoms with Gasteiger partial charge in [0.1, 0.15) is 0 Å². The molecule has 27 heavy (non-hydrogen) atoms. The molecule has 0 saturated carbocycles. The summed E-state index contributed by atoms with van der Waals surface area (Å²) in [6.45, 7) is 2.93. The van der Waals surface area contributed by atoms with Gasteiger partial charge >= 0.3 is 0 Å². The highest BCUT2D eigenvalue weighted by Crippen LogP contribution is 2.15. The van der Waals surface area contributed by atoms with Gasteiger partial charge in [-0.2, -0.15) is 0 Å². The summed E-state index contributed by atoms with van der Waals surface area (Å²) < 4.78 is 0. The molecule has 0 aliphatic rings. The van der Waals surface area contributed by atoms with Crippen molar-refractivity contribution in [3.8, 4) is 0 Å². The number of hydroxylamine groups is 1. The van der Waals surface area contributed by atoms with Gasteiger partial charge in [-0.25, -0.2) is 0 Å². The molecular formula is C25H52NO-. The van der Waals surface area contributed by atoms with Crippen LogP contribution in [-0.2, 0) is 0 Å². The van der Waals surface area contributed by atoms with E-state index in [-0.39, 0.29) is 0 Å². The van der Waals surface area contributed by atoms with Gasteiger partial charge in [0.25, 0.3) is 0 Å². The van der Waals surface area contributed by atoms with E-state index in [2.05, 4.69) is 6.92 Å². The molecular weight excluding hydrogens is 330 g/mol. The van der Waals surface area contributed by atoms with Gasteiger partial charge in [0, 0.05) is 0 Å². The highest BCUT2D eigenvalue weighted by Gasteiger charge is 1.95. The molecule has 0 aliphatic heterocycles. The van der Waals surface area contributed by atoms with Crippen molar-refractivity contribution in [2.24, 2.45) is 0 Å². The van der Waals surface area contributed by atoms with Gasteiger partial charge in [-0.05, 0) is 13.0 Å². The van der Waals surface area contributed by atoms with Crippen LogP contribution in [0, 0.1) is 5.21 Å². The molecule has 1 N–H and O–H groups in total. The second kappa shape index (κ2) is 25.9. The van der Waals surface area contributed by atoms with Gasteiger partial charge in [0.2, 0.25) is 0 Å². The third-order valence-corrected chi connectivity index (χ3v) is 5.88. The van der Waals surface area contributed by atoms with Crippen molar-refractivity contribution in [1.29, 1.82) is 0 Å². The summed E-state index contributed by atoms with van der Waals surface area (Å²) in [5.74, 6) is 0. The number of rotatable bonds is 24. The molecule has 0 rings (SSSR count). The summed E-state index contributed by atoms with van der Waals surface area (Å²) >= 11 is 0. The van der Waals surface area contributed by atoms with Crippen LogP contribution in [0.5, 0.6) is 0 Å². The fraction of sp³-hybridized carbons (Fsp3) is 1.00. The zero-order chi connectivity index (χ0) is 19.7. The molecule has 2 heteroatoms. The Morgan fingerprint density at radius 1 is 0.370 bits per heavy atom. The standard InChI is InChI=1S/C25H52NO/c1-2-3-4-5-6-7-8-9-10-11-12-13-14-15-16-17-18-19-20-21-22-23-24-25-26-27/h26H,2-25H2,1H3/q-1. The van der Waals surface area contributed by atoms with Crippen LogP contribution >= 0.6 is 0 Å². The first-order valence-corrected chi connectivity index (χ1v) is 12.8. The Hall–Kier alpha value is -0.0800. The maximum absolute atomic E-state index is 10.1. The molecule has 0 unspecified atom stereocenters. The van der Waals surface area contributed by atoms with Crippen molar-refractivity contribution in [3.63, 3.8) is 0 Å². The molecule has 0 spiro atoms. The number of nitrogens with one attached hydrogen (secondary N) is 1. The van der Waals surface area contributed by atoms with Gasteiger partial charge in [0.15, 0.2) is 0 Å². The summed E-state index contributed by atoms with van der Waals surface area (Å²) in [5, 5.41) is 10.1. The van der Waals surface area contributed by atoms with E-state index < -0.39 is 0 Å². The Bertz CT molecular complexity index is 220. The molecule has 0 aromatic rings. The molecule has 0 heterocycles. The Morgan fingerprint density at radius 3 is 0.815 bits per heavy atom. The lowest BCUT2D eigenvalue weighted by molar-refractivity contribution is 0.517. The summed E-state index contributed by atoms with van der Waals surface area (Å²) in [6, 6.07) is 0. The lowest BCUT2D eigenvalue weighted by atomic mass is 10.0. The molecule has 0 bridgehead atoms. The monoisotopic (exact) mass is 382 g/mol. The van der Waals surface area contributed by atoms with Crippen LogP contribution in [0.4, 0.5) is 0 Å². The fourth-order valence-corrected chi connectivity index (χ4v) is 3.98. The zero-order valence-electron chi connectivity index (χ0n) is 18.9. The minimum Gasteiger partial charge on any atom is -0.788 e. The largest absolute Gasteiger partial charge is 0.788 e. The molecule has 0 aromatic heterocycles. The SMILES string of the molecule is CCCCCCCCCCCCCCCCCCCCCCCCCN[O-]. The molecule has 0 aromatic carbocycles. The lowest BCUT2D eigenvalue weighted by Gasteiger charge is -2.06. The predicted molar refractivity (Wildman–Crippen MR) is 123 cm³/mol. The van der Waals surface area contributed by atoms with Crippen molar-refractivity contribution >= 4 is 0 Å². The fourth-order valence-electron chi connectivity index (χ4n) is 3.98. The first-order chi connectivity index (χ1) is 13.4. The van der Waals surface area contributed by atoms with Gasteiger partial charge in [-0.1, -0.05) is 148 Å². The molecule has 164 valence electrons. The Balaban J connectivity index is 2.95. The first kappa shape index (κ1) is 26.9. The quantitative estimate of drug-likeness (QED) is 0.133. The van der Waals surface area contributed by atoms with E-state index in [0.717, 1.165) is 6.42 Å². The molecule has 0 amide bonds. The average Bonchev–Trinajstić information content (AvgIpc) is 2.68. The van der Waals surface area contributed by atoms with Crippen molar-refractivity contribution in [2.45, 2.75) is 155 Å². The molecule has 0 aliphatic carbocycles. The van der Waals surface area contributed by atoms with E-state index in [9.17, 15) is 5.21 Å². The van der Waals surface area contributed by atoms with Crippen LogP contribution in [0.2, 0.25) is 0 Å². The smallest absolute Gasteiger partial charge is 0.0170 e. The minimum absolute atomic E-state index is 0.638. The Kier molecular flexibility index (Phi) is 25.8. The van der Waals surface area contributed by atoms with Crippen LogP contribution < -0.4 is 5.48 Å². The third-order valence-electron chi connectivity index (χ3n) is 5.88. The number of hydrogen-bond donors (Lipinski definition) is 1. The number of hydrogen-bond acceptors (Lipinski definition) is 2. The van der Waals surface area contributed by atoms with Gasteiger partial charge in [-0.15, -0.1) is 0 Å². The van der Waals surface area contributed by atoms with E-state index in [4.69, 9.17) is 0 Å². The maximum Gasteiger partial charge on any atom is -0.0170 e. The maximum atomic E-state index is 10.1. The predicted octanol–water partition coefficient (Wildman–Crippen LogP) is 9.07. The van der Waals surface area contributed by atoms with Gasteiger partial charge in [-0.3, -0.25) is 0 Å². The second-order valence-electron chi connectivity index (χ2n) is 8.67. The summed E-state index contributed by atoms with van der Waals surface area (Å²) in [5.41, 5.74) is 1.98. The van der Waals surface area contributed by atoms with E-state index in [0.29, 0.717) is 6.54 Å². The van der Waals surface area contributed by atoms with E-state index >= 15 is 0 Å². The summed E-state index contributed by atoms with van der Waals surface area (Å²) in [6.07, 6.45) is 32.5. The first-order valence-electron chi connectivity index (χ1n) is 12.8. The van der Waals surface area contributed by atoms with Crippen LogP contribution in [0.3, 0.4) is 0 Å². The average molecular weight is 383 g/mol. The van der Waals surface area contributed by atoms with Crippen LogP contribution in [0.15, 0.2) is 0 Å². The van der Waals surface area contributed by atoms with Crippen molar-refractivity contribution < 1.29 is 0 Å². The highest BCUT2D eigenvalue weighted by atomic mass is 16.5. The molecule has 0 atom stereocenters. The van der Waals surface area contributed by atoms with Crippen LogP contribution in [0.25, 0.3) is 0 Å². The van der Waals surface area contributed by atoms with Crippen molar-refractivity contribution in [2.75, 3.05) is 6.54 Å². The lowest BCUT2D eigenvalue weighted by Crippen LogP contribution is -2.04.